The number of imidazole rings is 2. The zero-order valence-electron chi connectivity index (χ0n) is 20.5. The average molecular weight is 477 g/mol. The first kappa shape index (κ1) is 20.9. The molecule has 0 spiro atoms. The van der Waals surface area contributed by atoms with Crippen LogP contribution >= 0.6 is 11.3 Å². The van der Waals surface area contributed by atoms with Gasteiger partial charge in [-0.1, -0.05) is 58.0 Å². The Bertz CT molecular complexity index is 1760. The van der Waals surface area contributed by atoms with E-state index < -0.39 is 0 Å². The minimum atomic E-state index is 0.368. The van der Waals surface area contributed by atoms with Gasteiger partial charge in [-0.3, -0.25) is 0 Å². The largest absolute Gasteiger partial charge is 0.345 e. The molecular formula is C30H28N4S. The quantitative estimate of drug-likeness (QED) is 0.270. The number of thiophene rings is 1. The molecule has 6 aromatic rings. The molecule has 0 fully saturated rings. The van der Waals surface area contributed by atoms with E-state index >= 15 is 0 Å². The first-order valence-corrected chi connectivity index (χ1v) is 13.4. The minimum Gasteiger partial charge on any atom is -0.345 e. The molecule has 4 nitrogen and oxygen atoms in total. The Kier molecular flexibility index (Phi) is 4.49. The second-order valence-electron chi connectivity index (χ2n) is 10.4. The fraction of sp³-hybridized carbons (Fsp3) is 0.267. The molecule has 35 heavy (non-hydrogen) atoms. The predicted molar refractivity (Wildman–Crippen MR) is 148 cm³/mol. The van der Waals surface area contributed by atoms with Crippen molar-refractivity contribution in [2.45, 2.75) is 52.4 Å². The lowest BCUT2D eigenvalue weighted by Crippen LogP contribution is -2.03. The molecule has 0 unspecified atom stereocenters. The fourth-order valence-corrected chi connectivity index (χ4v) is 6.39. The Hall–Kier alpha value is -3.44. The molecule has 3 heterocycles. The number of aryl methyl sites for hydroxylation is 2. The summed E-state index contributed by atoms with van der Waals surface area (Å²) in [5, 5.41) is 5.98. The number of fused-ring (bicyclic) bond motifs is 9. The van der Waals surface area contributed by atoms with Gasteiger partial charge < -0.3 is 9.97 Å². The summed E-state index contributed by atoms with van der Waals surface area (Å²) in [4.78, 5) is 17.1. The topological polar surface area (TPSA) is 57.4 Å². The van der Waals surface area contributed by atoms with Crippen LogP contribution in [-0.2, 0) is 12.8 Å². The van der Waals surface area contributed by atoms with Gasteiger partial charge in [-0.2, -0.15) is 0 Å². The maximum atomic E-state index is 4.97. The summed E-state index contributed by atoms with van der Waals surface area (Å²) < 4.78 is 1.32. The van der Waals surface area contributed by atoms with Crippen LogP contribution < -0.4 is 0 Å². The zero-order chi connectivity index (χ0) is 23.8. The van der Waals surface area contributed by atoms with E-state index in [-0.39, 0.29) is 0 Å². The van der Waals surface area contributed by atoms with Gasteiger partial charge in [0.15, 0.2) is 0 Å². The number of hydrogen-bond acceptors (Lipinski definition) is 3. The molecule has 0 saturated carbocycles. The van der Waals surface area contributed by atoms with E-state index in [0.717, 1.165) is 41.2 Å². The van der Waals surface area contributed by atoms with Crippen molar-refractivity contribution in [1.29, 1.82) is 0 Å². The molecule has 0 bridgehead atoms. The van der Waals surface area contributed by atoms with Crippen LogP contribution in [0.15, 0.2) is 47.8 Å². The van der Waals surface area contributed by atoms with Crippen molar-refractivity contribution < 1.29 is 0 Å². The van der Waals surface area contributed by atoms with E-state index in [4.69, 9.17) is 9.97 Å². The number of aromatic amines is 2. The number of nitrogens with zero attached hydrogens (tertiary/aromatic N) is 2. The van der Waals surface area contributed by atoms with E-state index in [1.165, 1.54) is 48.8 Å². The summed E-state index contributed by atoms with van der Waals surface area (Å²) >= 11 is 1.81. The number of hydrogen-bond donors (Lipinski definition) is 2. The van der Waals surface area contributed by atoms with Crippen molar-refractivity contribution in [3.63, 3.8) is 0 Å². The van der Waals surface area contributed by atoms with Gasteiger partial charge in [0, 0.05) is 44.0 Å². The first-order chi connectivity index (χ1) is 17.0. The van der Waals surface area contributed by atoms with E-state index in [1.54, 1.807) is 0 Å². The van der Waals surface area contributed by atoms with Crippen LogP contribution in [-0.4, -0.2) is 19.9 Å². The first-order valence-electron chi connectivity index (χ1n) is 12.5. The fourth-order valence-electron chi connectivity index (χ4n) is 5.47. The lowest BCUT2D eigenvalue weighted by molar-refractivity contribution is 0.787. The molecular weight excluding hydrogens is 448 g/mol. The van der Waals surface area contributed by atoms with Crippen molar-refractivity contribution in [1.82, 2.24) is 19.9 Å². The van der Waals surface area contributed by atoms with Crippen molar-refractivity contribution in [2.75, 3.05) is 0 Å². The lowest BCUT2D eigenvalue weighted by Gasteiger charge is -2.17. The van der Waals surface area contributed by atoms with Crippen LogP contribution in [0.4, 0.5) is 0 Å². The third-order valence-corrected chi connectivity index (χ3v) is 8.35. The average Bonchev–Trinajstić information content (AvgIpc) is 3.61. The highest BCUT2D eigenvalue weighted by Gasteiger charge is 2.22. The van der Waals surface area contributed by atoms with Crippen LogP contribution in [0.2, 0.25) is 0 Å². The van der Waals surface area contributed by atoms with E-state index in [0.29, 0.717) is 11.8 Å². The molecule has 0 aliphatic heterocycles. The molecule has 3 aromatic heterocycles. The third-order valence-electron chi connectivity index (χ3n) is 7.40. The molecule has 0 amide bonds. The molecule has 174 valence electrons. The maximum Gasteiger partial charge on any atom is 0.109 e. The van der Waals surface area contributed by atoms with Gasteiger partial charge in [0.05, 0.1) is 16.7 Å². The molecule has 5 heteroatoms. The summed E-state index contributed by atoms with van der Waals surface area (Å²) in [7, 11) is 0. The van der Waals surface area contributed by atoms with E-state index in [9.17, 15) is 0 Å². The molecule has 1 aliphatic rings. The highest BCUT2D eigenvalue weighted by Crippen LogP contribution is 2.40. The number of benzene rings is 3. The van der Waals surface area contributed by atoms with Gasteiger partial charge >= 0.3 is 0 Å². The van der Waals surface area contributed by atoms with Crippen LogP contribution in [0.1, 0.15) is 62.4 Å². The highest BCUT2D eigenvalue weighted by atomic mass is 32.1. The van der Waals surface area contributed by atoms with Gasteiger partial charge in [0.1, 0.15) is 11.6 Å². The minimum absolute atomic E-state index is 0.368. The van der Waals surface area contributed by atoms with Crippen molar-refractivity contribution >= 4 is 43.2 Å². The summed E-state index contributed by atoms with van der Waals surface area (Å²) in [6, 6.07) is 16.0. The number of H-pyrrole nitrogens is 2. The summed E-state index contributed by atoms with van der Waals surface area (Å²) in [6.07, 6.45) is 2.07. The van der Waals surface area contributed by atoms with Crippen molar-refractivity contribution in [2.24, 2.45) is 0 Å². The molecule has 0 radical (unpaired) electrons. The molecule has 1 aliphatic carbocycles. The normalized spacial score (nSPS) is 13.4. The van der Waals surface area contributed by atoms with Crippen LogP contribution in [0.3, 0.4) is 0 Å². The summed E-state index contributed by atoms with van der Waals surface area (Å²) in [6.45, 7) is 8.77. The maximum absolute atomic E-state index is 4.97. The Morgan fingerprint density at radius 1 is 0.771 bits per heavy atom. The number of rotatable bonds is 3. The second-order valence-corrected chi connectivity index (χ2v) is 11.3. The standard InChI is InChI=1S/C30H28N4S/c1-15(2)29-31-24-10-7-19-13-17(5-8-20(19)25(24)32-29)18-6-9-21-23(14-18)28-22(11-12-35-28)27-26(21)33-30(34-27)16(3)4/h5-6,8-9,11-16H,7,10H2,1-4H3,(H,31,32)(H,33,34). The van der Waals surface area contributed by atoms with Gasteiger partial charge in [0.25, 0.3) is 0 Å². The Balaban J connectivity index is 1.38. The highest BCUT2D eigenvalue weighted by molar-refractivity contribution is 7.18. The SMILES string of the molecule is CC(C)c1nc2c([nH]1)CCc1cc(-c3ccc4c(c3)c3sccc3c3nc(C(C)C)[nH]c43)ccc1-2. The molecule has 7 rings (SSSR count). The Morgan fingerprint density at radius 2 is 1.54 bits per heavy atom. The number of nitrogens with one attached hydrogen (secondary N) is 2. The Morgan fingerprint density at radius 3 is 2.37 bits per heavy atom. The van der Waals surface area contributed by atoms with Crippen LogP contribution in [0.5, 0.6) is 0 Å². The summed E-state index contributed by atoms with van der Waals surface area (Å²) in [5.41, 5.74) is 9.86. The van der Waals surface area contributed by atoms with Crippen LogP contribution in [0, 0.1) is 0 Å². The summed E-state index contributed by atoms with van der Waals surface area (Å²) in [5.74, 6) is 2.92. The molecule has 0 saturated heterocycles. The monoisotopic (exact) mass is 476 g/mol. The van der Waals surface area contributed by atoms with Crippen molar-refractivity contribution in [3.8, 4) is 22.4 Å². The predicted octanol–water partition coefficient (Wildman–Crippen LogP) is 8.33. The van der Waals surface area contributed by atoms with Gasteiger partial charge in [-0.05, 0) is 47.0 Å². The molecule has 2 N–H and O–H groups in total. The number of aromatic nitrogens is 4. The van der Waals surface area contributed by atoms with E-state index in [1.807, 2.05) is 11.3 Å². The lowest BCUT2D eigenvalue weighted by atomic mass is 9.89. The van der Waals surface area contributed by atoms with E-state index in [2.05, 4.69) is 85.5 Å². The Labute approximate surface area is 208 Å². The van der Waals surface area contributed by atoms with Gasteiger partial charge in [-0.15, -0.1) is 11.3 Å². The third kappa shape index (κ3) is 3.11. The van der Waals surface area contributed by atoms with Gasteiger partial charge in [0.2, 0.25) is 0 Å². The molecule has 3 aromatic carbocycles. The zero-order valence-corrected chi connectivity index (χ0v) is 21.3. The molecule has 0 atom stereocenters. The van der Waals surface area contributed by atoms with Crippen molar-refractivity contribution in [3.05, 3.63) is 70.8 Å². The van der Waals surface area contributed by atoms with Gasteiger partial charge in [-0.25, -0.2) is 9.97 Å². The smallest absolute Gasteiger partial charge is 0.109 e. The second kappa shape index (κ2) is 7.53. The van der Waals surface area contributed by atoms with Crippen LogP contribution in [0.25, 0.3) is 54.3 Å².